The topological polar surface area (TPSA) is 100 Å². The molecule has 0 spiro atoms. The van der Waals surface area contributed by atoms with E-state index in [9.17, 15) is 4.79 Å². The Morgan fingerprint density at radius 2 is 1.65 bits per heavy atom. The van der Waals surface area contributed by atoms with Gasteiger partial charge in [0.2, 0.25) is 5.91 Å². The smallest absolute Gasteiger partial charge is 0.245 e. The summed E-state index contributed by atoms with van der Waals surface area (Å²) in [7, 11) is 0. The van der Waals surface area contributed by atoms with Gasteiger partial charge < -0.3 is 19.5 Å². The SMILES string of the molecule is CC(C)CCCCCCNC(=O)COCCOCCOc1ccc(-n2nnnc2C(C)C)cc1. The molecule has 0 bridgehead atoms. The van der Waals surface area contributed by atoms with Gasteiger partial charge in [-0.3, -0.25) is 4.79 Å². The van der Waals surface area contributed by atoms with Crippen LogP contribution in [-0.2, 0) is 14.3 Å². The summed E-state index contributed by atoms with van der Waals surface area (Å²) in [5.41, 5.74) is 0.889. The number of unbranched alkanes of at least 4 members (excludes halogenated alkanes) is 3. The van der Waals surface area contributed by atoms with Crippen molar-refractivity contribution in [1.29, 1.82) is 0 Å². The van der Waals surface area contributed by atoms with E-state index in [2.05, 4.69) is 48.5 Å². The molecule has 0 saturated heterocycles. The average Bonchev–Trinajstić information content (AvgIpc) is 3.31. The first-order valence-corrected chi connectivity index (χ1v) is 12.4. The third-order valence-electron chi connectivity index (χ3n) is 5.22. The zero-order chi connectivity index (χ0) is 24.6. The van der Waals surface area contributed by atoms with Crippen molar-refractivity contribution in [1.82, 2.24) is 25.5 Å². The van der Waals surface area contributed by atoms with E-state index in [-0.39, 0.29) is 18.4 Å². The van der Waals surface area contributed by atoms with E-state index in [0.717, 1.165) is 36.0 Å². The minimum atomic E-state index is -0.0730. The number of amides is 1. The highest BCUT2D eigenvalue weighted by Crippen LogP contribution is 2.18. The van der Waals surface area contributed by atoms with Crippen molar-refractivity contribution in [3.63, 3.8) is 0 Å². The van der Waals surface area contributed by atoms with Crippen LogP contribution in [0.15, 0.2) is 24.3 Å². The van der Waals surface area contributed by atoms with Crippen LogP contribution in [-0.4, -0.2) is 65.7 Å². The number of benzene rings is 1. The monoisotopic (exact) mass is 475 g/mol. The lowest BCUT2D eigenvalue weighted by Gasteiger charge is -2.10. The fourth-order valence-corrected chi connectivity index (χ4v) is 3.33. The lowest BCUT2D eigenvalue weighted by atomic mass is 10.0. The Bertz CT molecular complexity index is 808. The Labute approximate surface area is 203 Å². The minimum absolute atomic E-state index is 0.0688. The van der Waals surface area contributed by atoms with E-state index in [0.29, 0.717) is 33.0 Å². The highest BCUT2D eigenvalue weighted by Gasteiger charge is 2.11. The van der Waals surface area contributed by atoms with Crippen LogP contribution < -0.4 is 10.1 Å². The molecule has 1 heterocycles. The maximum absolute atomic E-state index is 11.8. The van der Waals surface area contributed by atoms with Crippen LogP contribution in [0.2, 0.25) is 0 Å². The van der Waals surface area contributed by atoms with Crippen molar-refractivity contribution in [3.8, 4) is 11.4 Å². The van der Waals surface area contributed by atoms with E-state index in [1.165, 1.54) is 19.3 Å². The summed E-state index contributed by atoms with van der Waals surface area (Å²) in [5, 5.41) is 14.8. The van der Waals surface area contributed by atoms with Crippen LogP contribution in [0.25, 0.3) is 5.69 Å². The largest absolute Gasteiger partial charge is 0.491 e. The molecule has 0 unspecified atom stereocenters. The third-order valence-corrected chi connectivity index (χ3v) is 5.22. The van der Waals surface area contributed by atoms with Crippen LogP contribution in [0.3, 0.4) is 0 Å². The fourth-order valence-electron chi connectivity index (χ4n) is 3.33. The van der Waals surface area contributed by atoms with Gasteiger partial charge in [-0.25, -0.2) is 0 Å². The number of carbonyl (C=O) groups is 1. The van der Waals surface area contributed by atoms with E-state index in [1.54, 1.807) is 4.68 Å². The quantitative estimate of drug-likeness (QED) is 0.326. The highest BCUT2D eigenvalue weighted by atomic mass is 16.5. The predicted octanol–water partition coefficient (Wildman–Crippen LogP) is 3.92. The van der Waals surface area contributed by atoms with E-state index in [1.807, 2.05) is 24.3 Å². The minimum Gasteiger partial charge on any atom is -0.491 e. The Morgan fingerprint density at radius 1 is 0.941 bits per heavy atom. The summed E-state index contributed by atoms with van der Waals surface area (Å²) in [6.07, 6.45) is 5.96. The Morgan fingerprint density at radius 3 is 2.38 bits per heavy atom. The van der Waals surface area contributed by atoms with Crippen molar-refractivity contribution in [2.45, 2.75) is 65.7 Å². The summed E-state index contributed by atoms with van der Waals surface area (Å²) >= 11 is 0. The molecule has 0 fully saturated rings. The number of nitrogens with zero attached hydrogens (tertiary/aromatic N) is 4. The van der Waals surface area contributed by atoms with Gasteiger partial charge in [-0.2, -0.15) is 4.68 Å². The third kappa shape index (κ3) is 11.1. The van der Waals surface area contributed by atoms with Crippen molar-refractivity contribution >= 4 is 5.91 Å². The molecule has 0 atom stereocenters. The van der Waals surface area contributed by atoms with Gasteiger partial charge >= 0.3 is 0 Å². The Hall–Kier alpha value is -2.52. The zero-order valence-corrected chi connectivity index (χ0v) is 21.2. The first kappa shape index (κ1) is 27.7. The fraction of sp³-hybridized carbons (Fsp3) is 0.680. The lowest BCUT2D eigenvalue weighted by Crippen LogP contribution is -2.29. The molecule has 190 valence electrons. The standard InChI is InChI=1S/C25H41N5O4/c1-20(2)9-7-5-6-8-14-26-24(31)19-33-16-15-32-17-18-34-23-12-10-22(11-13-23)30-25(21(3)4)27-28-29-30/h10-13,20-21H,5-9,14-19H2,1-4H3,(H,26,31). The molecule has 1 aromatic carbocycles. The molecule has 34 heavy (non-hydrogen) atoms. The second kappa shape index (κ2) is 16.2. The number of aromatic nitrogens is 4. The molecular weight excluding hydrogens is 434 g/mol. The van der Waals surface area contributed by atoms with Crippen LogP contribution >= 0.6 is 0 Å². The van der Waals surface area contributed by atoms with Gasteiger partial charge in [-0.1, -0.05) is 53.4 Å². The lowest BCUT2D eigenvalue weighted by molar-refractivity contribution is -0.126. The molecule has 1 aromatic heterocycles. The molecule has 0 aliphatic rings. The molecule has 2 aromatic rings. The number of tetrazole rings is 1. The number of ether oxygens (including phenoxy) is 3. The number of hydrogen-bond acceptors (Lipinski definition) is 7. The maximum atomic E-state index is 11.8. The average molecular weight is 476 g/mol. The number of hydrogen-bond donors (Lipinski definition) is 1. The van der Waals surface area contributed by atoms with E-state index in [4.69, 9.17) is 14.2 Å². The van der Waals surface area contributed by atoms with Crippen molar-refractivity contribution in [3.05, 3.63) is 30.1 Å². The van der Waals surface area contributed by atoms with Crippen molar-refractivity contribution in [2.75, 3.05) is 39.6 Å². The Balaban J connectivity index is 1.45. The summed E-state index contributed by atoms with van der Waals surface area (Å²) in [6, 6.07) is 7.61. The maximum Gasteiger partial charge on any atom is 0.245 e. The molecule has 1 N–H and O–H groups in total. The molecule has 2 rings (SSSR count). The van der Waals surface area contributed by atoms with Gasteiger partial charge in [0.05, 0.1) is 25.5 Å². The summed E-state index contributed by atoms with van der Waals surface area (Å²) < 4.78 is 18.3. The molecular formula is C25H41N5O4. The number of carbonyl (C=O) groups excluding carboxylic acids is 1. The molecule has 1 amide bonds. The normalized spacial score (nSPS) is 11.4. The second-order valence-electron chi connectivity index (χ2n) is 9.06. The van der Waals surface area contributed by atoms with Gasteiger partial charge in [0.25, 0.3) is 0 Å². The molecule has 0 aliphatic heterocycles. The zero-order valence-electron chi connectivity index (χ0n) is 21.2. The van der Waals surface area contributed by atoms with Crippen LogP contribution in [0.5, 0.6) is 5.75 Å². The van der Waals surface area contributed by atoms with E-state index >= 15 is 0 Å². The number of rotatable bonds is 18. The van der Waals surface area contributed by atoms with Crippen LogP contribution in [0.1, 0.15) is 71.5 Å². The first-order valence-electron chi connectivity index (χ1n) is 12.4. The van der Waals surface area contributed by atoms with Gasteiger partial charge in [-0.05, 0) is 47.0 Å². The molecule has 0 saturated carbocycles. The Kier molecular flexibility index (Phi) is 13.2. The van der Waals surface area contributed by atoms with Gasteiger partial charge in [0.1, 0.15) is 19.0 Å². The van der Waals surface area contributed by atoms with Gasteiger partial charge in [-0.15, -0.1) is 5.10 Å². The number of nitrogens with one attached hydrogen (secondary N) is 1. The van der Waals surface area contributed by atoms with Crippen molar-refractivity contribution in [2.24, 2.45) is 5.92 Å². The van der Waals surface area contributed by atoms with Crippen molar-refractivity contribution < 1.29 is 19.0 Å². The molecule has 9 nitrogen and oxygen atoms in total. The van der Waals surface area contributed by atoms with Crippen LogP contribution in [0.4, 0.5) is 0 Å². The summed E-state index contributed by atoms with van der Waals surface area (Å²) in [4.78, 5) is 11.8. The van der Waals surface area contributed by atoms with Gasteiger partial charge in [0.15, 0.2) is 5.82 Å². The van der Waals surface area contributed by atoms with E-state index < -0.39 is 0 Å². The van der Waals surface area contributed by atoms with Gasteiger partial charge in [0, 0.05) is 12.5 Å². The molecule has 9 heteroatoms. The first-order chi connectivity index (χ1) is 16.5. The molecule has 0 aliphatic carbocycles. The second-order valence-corrected chi connectivity index (χ2v) is 9.06. The molecule has 0 radical (unpaired) electrons. The summed E-state index contributed by atoms with van der Waals surface area (Å²) in [6.45, 7) is 11.1. The summed E-state index contributed by atoms with van der Waals surface area (Å²) in [5.74, 6) is 2.49. The predicted molar refractivity (Wildman–Crippen MR) is 131 cm³/mol. The van der Waals surface area contributed by atoms with Crippen LogP contribution in [0, 0.1) is 5.92 Å². The highest BCUT2D eigenvalue weighted by molar-refractivity contribution is 5.77.